The van der Waals surface area contributed by atoms with Crippen LogP contribution >= 0.6 is 11.3 Å². The number of hydrogen-bond acceptors (Lipinski definition) is 4. The molecule has 1 aromatic carbocycles. The van der Waals surface area contributed by atoms with Gasteiger partial charge in [-0.15, -0.1) is 11.3 Å². The summed E-state index contributed by atoms with van der Waals surface area (Å²) in [5, 5.41) is 0.765. The quantitative estimate of drug-likeness (QED) is 0.705. The maximum atomic E-state index is 12.8. The summed E-state index contributed by atoms with van der Waals surface area (Å²) in [6.45, 7) is 2.02. The first-order valence-corrected chi connectivity index (χ1v) is 9.86. The molecule has 2 aromatic heterocycles. The molecule has 1 atom stereocenters. The zero-order valence-corrected chi connectivity index (χ0v) is 15.4. The van der Waals surface area contributed by atoms with Crippen LogP contribution in [0.4, 0.5) is 5.69 Å². The van der Waals surface area contributed by atoms with Gasteiger partial charge < -0.3 is 9.88 Å². The highest BCUT2D eigenvalue weighted by Gasteiger charge is 2.40. The first-order chi connectivity index (χ1) is 12.6. The number of nitrogens with zero attached hydrogens (tertiary/aromatic N) is 2. The molecule has 2 aliphatic rings. The van der Waals surface area contributed by atoms with E-state index in [4.69, 9.17) is 4.98 Å². The molecule has 1 amide bonds. The van der Waals surface area contributed by atoms with E-state index in [1.807, 2.05) is 31.2 Å². The van der Waals surface area contributed by atoms with Crippen molar-refractivity contribution in [3.63, 3.8) is 0 Å². The van der Waals surface area contributed by atoms with Crippen LogP contribution in [-0.4, -0.2) is 15.9 Å². The molecule has 6 heteroatoms. The largest absolute Gasteiger partial charge is 0.308 e. The molecule has 0 radical (unpaired) electrons. The van der Waals surface area contributed by atoms with Gasteiger partial charge in [0, 0.05) is 10.6 Å². The van der Waals surface area contributed by atoms with Crippen molar-refractivity contribution in [2.24, 2.45) is 0 Å². The SMILES string of the molecule is Cc1ccc(N2C(=O)CC2c2nc3sc4c(c3c(=O)[nH]2)CCCC4)cc1. The van der Waals surface area contributed by atoms with Gasteiger partial charge in [0.1, 0.15) is 16.7 Å². The first kappa shape index (κ1) is 15.8. The van der Waals surface area contributed by atoms with Crippen molar-refractivity contribution in [1.29, 1.82) is 0 Å². The molecule has 26 heavy (non-hydrogen) atoms. The number of hydrogen-bond donors (Lipinski definition) is 1. The minimum Gasteiger partial charge on any atom is -0.308 e. The Balaban J connectivity index is 1.57. The molecule has 3 aromatic rings. The van der Waals surface area contributed by atoms with E-state index < -0.39 is 0 Å². The van der Waals surface area contributed by atoms with Crippen LogP contribution in [0.25, 0.3) is 10.2 Å². The molecule has 0 spiro atoms. The normalized spacial score (nSPS) is 19.5. The predicted molar refractivity (Wildman–Crippen MR) is 103 cm³/mol. The fourth-order valence-corrected chi connectivity index (χ4v) is 5.27. The molecule has 1 aliphatic carbocycles. The molecule has 132 valence electrons. The molecule has 1 saturated heterocycles. The maximum absolute atomic E-state index is 12.8. The van der Waals surface area contributed by atoms with Crippen LogP contribution in [0.15, 0.2) is 29.1 Å². The standard InChI is InChI=1S/C20H19N3O2S/c1-11-6-8-12(9-7-11)23-14(10-16(23)24)18-21-19(25)17-13-4-2-3-5-15(13)26-20(17)22-18/h6-9,14H,2-5,10H2,1H3,(H,21,22,25). The Hall–Kier alpha value is -2.47. The third-order valence-corrected chi connectivity index (χ3v) is 6.61. The predicted octanol–water partition coefficient (Wildman–Crippen LogP) is 3.65. The summed E-state index contributed by atoms with van der Waals surface area (Å²) in [6.07, 6.45) is 4.72. The Morgan fingerprint density at radius 3 is 2.69 bits per heavy atom. The average Bonchev–Trinajstić information content (AvgIpc) is 3.00. The number of anilines is 1. The van der Waals surface area contributed by atoms with E-state index in [1.165, 1.54) is 16.9 Å². The van der Waals surface area contributed by atoms with Crippen molar-refractivity contribution < 1.29 is 4.79 Å². The van der Waals surface area contributed by atoms with Gasteiger partial charge in [-0.05, 0) is 50.3 Å². The second kappa shape index (κ2) is 5.77. The van der Waals surface area contributed by atoms with E-state index >= 15 is 0 Å². The number of rotatable bonds is 2. The number of benzene rings is 1. The second-order valence-corrected chi connectivity index (χ2v) is 8.25. The number of aromatic amines is 1. The van der Waals surface area contributed by atoms with Gasteiger partial charge in [0.2, 0.25) is 5.91 Å². The van der Waals surface area contributed by atoms with Gasteiger partial charge in [0.05, 0.1) is 11.8 Å². The van der Waals surface area contributed by atoms with Crippen LogP contribution in [0, 0.1) is 6.92 Å². The van der Waals surface area contributed by atoms with Crippen LogP contribution in [0.2, 0.25) is 0 Å². The minimum absolute atomic E-state index is 0.0621. The topological polar surface area (TPSA) is 66.1 Å². The Kier molecular flexibility index (Phi) is 3.50. The third-order valence-electron chi connectivity index (χ3n) is 5.42. The molecule has 1 aliphatic heterocycles. The number of carbonyl (C=O) groups is 1. The highest BCUT2D eigenvalue weighted by Crippen LogP contribution is 2.39. The maximum Gasteiger partial charge on any atom is 0.259 e. The molecule has 5 nitrogen and oxygen atoms in total. The molecule has 1 fully saturated rings. The second-order valence-electron chi connectivity index (χ2n) is 7.16. The van der Waals surface area contributed by atoms with E-state index in [-0.39, 0.29) is 17.5 Å². The number of H-pyrrole nitrogens is 1. The van der Waals surface area contributed by atoms with Gasteiger partial charge in [-0.25, -0.2) is 4.98 Å². The zero-order valence-electron chi connectivity index (χ0n) is 14.5. The molecular formula is C20H19N3O2S. The first-order valence-electron chi connectivity index (χ1n) is 9.05. The lowest BCUT2D eigenvalue weighted by Gasteiger charge is -2.39. The summed E-state index contributed by atoms with van der Waals surface area (Å²) < 4.78 is 0. The molecule has 1 N–H and O–H groups in total. The summed E-state index contributed by atoms with van der Waals surface area (Å²) in [7, 11) is 0. The Bertz CT molecular complexity index is 1080. The monoisotopic (exact) mass is 365 g/mol. The number of aryl methyl sites for hydroxylation is 3. The van der Waals surface area contributed by atoms with Crippen LogP contribution in [-0.2, 0) is 17.6 Å². The van der Waals surface area contributed by atoms with Crippen molar-refractivity contribution in [2.75, 3.05) is 4.90 Å². The number of thiophene rings is 1. The summed E-state index contributed by atoms with van der Waals surface area (Å²) in [4.78, 5) is 36.6. The smallest absolute Gasteiger partial charge is 0.259 e. The highest BCUT2D eigenvalue weighted by atomic mass is 32.1. The summed E-state index contributed by atoms with van der Waals surface area (Å²) in [6, 6.07) is 7.68. The van der Waals surface area contributed by atoms with Crippen molar-refractivity contribution in [3.05, 3.63) is 56.4 Å². The Labute approximate surface area is 154 Å². The molecular weight excluding hydrogens is 346 g/mol. The van der Waals surface area contributed by atoms with Crippen molar-refractivity contribution in [2.45, 2.75) is 45.1 Å². The zero-order chi connectivity index (χ0) is 17.8. The van der Waals surface area contributed by atoms with Gasteiger partial charge in [-0.2, -0.15) is 0 Å². The molecule has 1 unspecified atom stereocenters. The van der Waals surface area contributed by atoms with E-state index in [0.717, 1.165) is 40.7 Å². The minimum atomic E-state index is -0.193. The van der Waals surface area contributed by atoms with Gasteiger partial charge in [0.25, 0.3) is 5.56 Å². The van der Waals surface area contributed by atoms with Crippen molar-refractivity contribution in [1.82, 2.24) is 9.97 Å². The number of β-lactam (4-membered cyclic amide) rings is 1. The number of fused-ring (bicyclic) bond motifs is 3. The van der Waals surface area contributed by atoms with Crippen molar-refractivity contribution in [3.8, 4) is 0 Å². The summed E-state index contributed by atoms with van der Waals surface area (Å²) in [5.74, 6) is 0.661. The van der Waals surface area contributed by atoms with Crippen molar-refractivity contribution >= 4 is 33.1 Å². The summed E-state index contributed by atoms with van der Waals surface area (Å²) in [5.41, 5.74) is 3.13. The van der Waals surface area contributed by atoms with Crippen LogP contribution < -0.4 is 10.5 Å². The lowest BCUT2D eigenvalue weighted by Crippen LogP contribution is -2.47. The summed E-state index contributed by atoms with van der Waals surface area (Å²) >= 11 is 1.65. The highest BCUT2D eigenvalue weighted by molar-refractivity contribution is 7.18. The fourth-order valence-electron chi connectivity index (χ4n) is 4.00. The third kappa shape index (κ3) is 2.32. The Morgan fingerprint density at radius 1 is 1.15 bits per heavy atom. The van der Waals surface area contributed by atoms with Crippen LogP contribution in [0.5, 0.6) is 0 Å². The number of nitrogens with one attached hydrogen (secondary N) is 1. The van der Waals surface area contributed by atoms with E-state index in [0.29, 0.717) is 12.2 Å². The van der Waals surface area contributed by atoms with Gasteiger partial charge in [0.15, 0.2) is 0 Å². The van der Waals surface area contributed by atoms with Crippen LogP contribution in [0.3, 0.4) is 0 Å². The van der Waals surface area contributed by atoms with Gasteiger partial charge in [-0.3, -0.25) is 9.59 Å². The van der Waals surface area contributed by atoms with Crippen LogP contribution in [0.1, 0.15) is 47.1 Å². The molecule has 0 bridgehead atoms. The number of amides is 1. The van der Waals surface area contributed by atoms with E-state index in [2.05, 4.69) is 4.98 Å². The lowest BCUT2D eigenvalue weighted by atomic mass is 9.97. The molecule has 5 rings (SSSR count). The van der Waals surface area contributed by atoms with E-state index in [9.17, 15) is 9.59 Å². The Morgan fingerprint density at radius 2 is 1.92 bits per heavy atom. The van der Waals surface area contributed by atoms with Gasteiger partial charge in [-0.1, -0.05) is 17.7 Å². The number of carbonyl (C=O) groups excluding carboxylic acids is 1. The number of aromatic nitrogens is 2. The van der Waals surface area contributed by atoms with Gasteiger partial charge >= 0.3 is 0 Å². The molecule has 0 saturated carbocycles. The lowest BCUT2D eigenvalue weighted by molar-refractivity contribution is -0.124. The average molecular weight is 365 g/mol. The molecule has 3 heterocycles. The van der Waals surface area contributed by atoms with E-state index in [1.54, 1.807) is 16.2 Å². The fraction of sp³-hybridized carbons (Fsp3) is 0.350.